The van der Waals surface area contributed by atoms with Crippen LogP contribution in [0.4, 0.5) is 0 Å². The van der Waals surface area contributed by atoms with Gasteiger partial charge in [0.1, 0.15) is 4.21 Å². The maximum absolute atomic E-state index is 12.3. The predicted molar refractivity (Wildman–Crippen MR) is 109 cm³/mol. The van der Waals surface area contributed by atoms with E-state index in [0.717, 1.165) is 25.7 Å². The van der Waals surface area contributed by atoms with Crippen LogP contribution in [0.25, 0.3) is 0 Å². The first-order chi connectivity index (χ1) is 11.5. The van der Waals surface area contributed by atoms with Gasteiger partial charge in [0, 0.05) is 0 Å². The molecule has 0 aliphatic carbocycles. The number of amides is 1. The third-order valence-electron chi connectivity index (χ3n) is 4.98. The zero-order valence-electron chi connectivity index (χ0n) is 15.5. The second-order valence-corrected chi connectivity index (χ2v) is 9.72. The molecule has 1 N–H and O–H groups in total. The van der Waals surface area contributed by atoms with E-state index >= 15 is 0 Å². The van der Waals surface area contributed by atoms with E-state index in [-0.39, 0.29) is 5.91 Å². The Labute approximate surface area is 163 Å². The normalized spacial score (nSPS) is 26.8. The van der Waals surface area contributed by atoms with Crippen molar-refractivity contribution in [2.75, 3.05) is 0 Å². The Bertz CT molecular complexity index is 369. The van der Waals surface area contributed by atoms with Crippen molar-refractivity contribution in [2.24, 2.45) is 0 Å². The second-order valence-electron chi connectivity index (χ2n) is 7.10. The minimum Gasteiger partial charge on any atom is -0.297 e. The van der Waals surface area contributed by atoms with E-state index < -0.39 is 9.08 Å². The summed E-state index contributed by atoms with van der Waals surface area (Å²) in [6, 6.07) is 0. The van der Waals surface area contributed by atoms with Gasteiger partial charge in [-0.2, -0.15) is 0 Å². The average molecular weight is 396 g/mol. The summed E-state index contributed by atoms with van der Waals surface area (Å²) in [5, 5.41) is 0. The average Bonchev–Trinajstić information content (AvgIpc) is 2.79. The van der Waals surface area contributed by atoms with Gasteiger partial charge >= 0.3 is 0 Å². The standard InChI is InChI=1S/C19H35Cl2NOS/c1-3-5-7-9-11-13-15-18(20)17(23)22-24-19(18,21)16-14-12-10-8-6-4-2/h3-16H2,1-2H3,(H,22,23). The van der Waals surface area contributed by atoms with Crippen LogP contribution in [0.5, 0.6) is 0 Å². The first-order valence-corrected chi connectivity index (χ1v) is 11.4. The first kappa shape index (κ1) is 22.4. The molecule has 142 valence electrons. The van der Waals surface area contributed by atoms with Gasteiger partial charge < -0.3 is 0 Å². The number of nitrogens with one attached hydrogen (secondary N) is 1. The molecule has 0 spiro atoms. The van der Waals surface area contributed by atoms with Crippen LogP contribution in [0.1, 0.15) is 104 Å². The summed E-state index contributed by atoms with van der Waals surface area (Å²) in [6.07, 6.45) is 16.0. The van der Waals surface area contributed by atoms with Crippen molar-refractivity contribution in [1.29, 1.82) is 0 Å². The van der Waals surface area contributed by atoms with Gasteiger partial charge in [-0.3, -0.25) is 9.52 Å². The van der Waals surface area contributed by atoms with Crippen molar-refractivity contribution in [1.82, 2.24) is 4.72 Å². The second kappa shape index (κ2) is 11.9. The lowest BCUT2D eigenvalue weighted by molar-refractivity contribution is -0.121. The van der Waals surface area contributed by atoms with E-state index in [4.69, 9.17) is 23.2 Å². The molecule has 0 aromatic heterocycles. The van der Waals surface area contributed by atoms with E-state index in [1.54, 1.807) is 0 Å². The quantitative estimate of drug-likeness (QED) is 0.191. The predicted octanol–water partition coefficient (Wildman–Crippen LogP) is 7.18. The van der Waals surface area contributed by atoms with Crippen LogP contribution in [-0.2, 0) is 4.79 Å². The topological polar surface area (TPSA) is 29.1 Å². The number of unbranched alkanes of at least 4 members (excludes halogenated alkanes) is 10. The van der Waals surface area contributed by atoms with Crippen molar-refractivity contribution < 1.29 is 4.79 Å². The fourth-order valence-electron chi connectivity index (χ4n) is 3.29. The molecule has 1 heterocycles. The molecule has 1 saturated heterocycles. The molecule has 0 aromatic carbocycles. The Hall–Kier alpha value is 0.400. The van der Waals surface area contributed by atoms with Crippen LogP contribution in [0.2, 0.25) is 0 Å². The summed E-state index contributed by atoms with van der Waals surface area (Å²) < 4.78 is 2.14. The Kier molecular flexibility index (Phi) is 11.1. The van der Waals surface area contributed by atoms with Crippen LogP contribution < -0.4 is 4.72 Å². The van der Waals surface area contributed by atoms with Crippen LogP contribution >= 0.6 is 35.1 Å². The fraction of sp³-hybridized carbons (Fsp3) is 0.947. The number of alkyl halides is 2. The Morgan fingerprint density at radius 3 is 1.79 bits per heavy atom. The molecular weight excluding hydrogens is 361 g/mol. The molecule has 1 fully saturated rings. The van der Waals surface area contributed by atoms with Gasteiger partial charge in [-0.1, -0.05) is 90.9 Å². The summed E-state index contributed by atoms with van der Waals surface area (Å²) >= 11 is 14.9. The Morgan fingerprint density at radius 1 is 0.792 bits per heavy atom. The summed E-state index contributed by atoms with van der Waals surface area (Å²) in [5.41, 5.74) is 0. The third kappa shape index (κ3) is 6.61. The molecule has 5 heteroatoms. The lowest BCUT2D eigenvalue weighted by atomic mass is 9.91. The minimum absolute atomic E-state index is 0.0938. The number of halogens is 2. The molecule has 2 nitrogen and oxygen atoms in total. The summed E-state index contributed by atoms with van der Waals surface area (Å²) in [4.78, 5) is 11.4. The molecule has 0 bridgehead atoms. The smallest absolute Gasteiger partial charge is 0.253 e. The molecule has 0 radical (unpaired) electrons. The number of carbonyl (C=O) groups is 1. The minimum atomic E-state index is -0.951. The fourth-order valence-corrected chi connectivity index (χ4v) is 5.20. The highest BCUT2D eigenvalue weighted by atomic mass is 35.5. The maximum Gasteiger partial charge on any atom is 0.253 e. The monoisotopic (exact) mass is 395 g/mol. The molecule has 2 atom stereocenters. The molecule has 0 saturated carbocycles. The molecule has 1 aliphatic heterocycles. The Balaban J connectivity index is 2.38. The highest BCUT2D eigenvalue weighted by molar-refractivity contribution is 8.01. The molecule has 24 heavy (non-hydrogen) atoms. The van der Waals surface area contributed by atoms with Crippen molar-refractivity contribution in [3.63, 3.8) is 0 Å². The largest absolute Gasteiger partial charge is 0.297 e. The highest BCUT2D eigenvalue weighted by Gasteiger charge is 2.59. The number of hydrogen-bond acceptors (Lipinski definition) is 2. The molecule has 0 aromatic rings. The zero-order valence-corrected chi connectivity index (χ0v) is 17.8. The highest BCUT2D eigenvalue weighted by Crippen LogP contribution is 2.53. The van der Waals surface area contributed by atoms with Crippen LogP contribution in [0, 0.1) is 0 Å². The van der Waals surface area contributed by atoms with Crippen molar-refractivity contribution >= 4 is 41.1 Å². The summed E-state index contributed by atoms with van der Waals surface area (Å²) in [6.45, 7) is 4.45. The Morgan fingerprint density at radius 2 is 1.25 bits per heavy atom. The van der Waals surface area contributed by atoms with Gasteiger partial charge in [0.25, 0.3) is 5.91 Å². The van der Waals surface area contributed by atoms with E-state index in [1.165, 1.54) is 69.7 Å². The van der Waals surface area contributed by atoms with Crippen molar-refractivity contribution in [3.8, 4) is 0 Å². The lowest BCUT2D eigenvalue weighted by Gasteiger charge is -2.32. The van der Waals surface area contributed by atoms with Crippen LogP contribution in [-0.4, -0.2) is 15.0 Å². The van der Waals surface area contributed by atoms with Gasteiger partial charge in [-0.05, 0) is 24.8 Å². The van der Waals surface area contributed by atoms with E-state index in [2.05, 4.69) is 18.6 Å². The van der Waals surface area contributed by atoms with Crippen molar-refractivity contribution in [2.45, 2.75) is 113 Å². The van der Waals surface area contributed by atoms with Gasteiger partial charge in [0.05, 0.1) is 0 Å². The molecule has 1 aliphatic rings. The van der Waals surface area contributed by atoms with Crippen molar-refractivity contribution in [3.05, 3.63) is 0 Å². The first-order valence-electron chi connectivity index (χ1n) is 9.86. The van der Waals surface area contributed by atoms with Gasteiger partial charge in [-0.25, -0.2) is 0 Å². The lowest BCUT2D eigenvalue weighted by Crippen LogP contribution is -2.45. The number of hydrogen-bond donors (Lipinski definition) is 1. The van der Waals surface area contributed by atoms with Crippen LogP contribution in [0.15, 0.2) is 0 Å². The van der Waals surface area contributed by atoms with Gasteiger partial charge in [0.15, 0.2) is 4.87 Å². The number of rotatable bonds is 14. The van der Waals surface area contributed by atoms with Crippen LogP contribution in [0.3, 0.4) is 0 Å². The summed E-state index contributed by atoms with van der Waals surface area (Å²) in [5.74, 6) is -0.0938. The van der Waals surface area contributed by atoms with E-state index in [1.807, 2.05) is 0 Å². The SMILES string of the molecule is CCCCCCCCC1(Cl)SNC(=O)C1(Cl)CCCCCCCC. The molecular formula is C19H35Cl2NOS. The number of carbonyl (C=O) groups excluding carboxylic acids is 1. The van der Waals surface area contributed by atoms with E-state index in [9.17, 15) is 4.79 Å². The zero-order chi connectivity index (χ0) is 17.9. The molecule has 1 rings (SSSR count). The van der Waals surface area contributed by atoms with Gasteiger partial charge in [0.2, 0.25) is 0 Å². The summed E-state index contributed by atoms with van der Waals surface area (Å²) in [7, 11) is 0. The van der Waals surface area contributed by atoms with Gasteiger partial charge in [-0.15, -0.1) is 23.2 Å². The molecule has 2 unspecified atom stereocenters. The molecule has 1 amide bonds. The maximum atomic E-state index is 12.3. The van der Waals surface area contributed by atoms with E-state index in [0.29, 0.717) is 6.42 Å². The third-order valence-corrected chi connectivity index (χ3v) is 7.78.